The summed E-state index contributed by atoms with van der Waals surface area (Å²) >= 11 is 0. The van der Waals surface area contributed by atoms with Crippen molar-refractivity contribution in [3.05, 3.63) is 60.7 Å². The Morgan fingerprint density at radius 3 is 2.39 bits per heavy atom. The fraction of sp³-hybridized carbons (Fsp3) is 0.250. The molecule has 0 saturated carbocycles. The van der Waals surface area contributed by atoms with E-state index < -0.39 is 10.0 Å². The second-order valence-electron chi connectivity index (χ2n) is 8.11. The standard InChI is InChI=1S/C24H26N6O5S/c1-16(2)24(31)26-18-6-10-20(11-7-18)36(32,33)25-14-15-35-22-13-12-21-27-28-23(30(21)29-22)17-4-8-19(34-3)9-5-17/h4-13,16,25H,14-15H2,1-3H3,(H,26,31). The molecule has 36 heavy (non-hydrogen) atoms. The SMILES string of the molecule is COc1ccc(-c2nnc3ccc(OCCNS(=O)(=O)c4ccc(NC(=O)C(C)C)cc4)nn23)cc1. The lowest BCUT2D eigenvalue weighted by Crippen LogP contribution is -2.28. The smallest absolute Gasteiger partial charge is 0.240 e. The van der Waals surface area contributed by atoms with E-state index in [-0.39, 0.29) is 29.9 Å². The van der Waals surface area contributed by atoms with Gasteiger partial charge in [-0.05, 0) is 54.6 Å². The fourth-order valence-electron chi connectivity index (χ4n) is 3.19. The molecule has 12 heteroatoms. The predicted molar refractivity (Wildman–Crippen MR) is 133 cm³/mol. The second kappa shape index (κ2) is 10.7. The number of aromatic nitrogens is 4. The molecule has 0 aliphatic rings. The highest BCUT2D eigenvalue weighted by molar-refractivity contribution is 7.89. The van der Waals surface area contributed by atoms with Crippen molar-refractivity contribution < 1.29 is 22.7 Å². The molecule has 0 aliphatic heterocycles. The Hall–Kier alpha value is -4.03. The summed E-state index contributed by atoms with van der Waals surface area (Å²) in [6, 6.07) is 16.6. The molecule has 2 heterocycles. The Labute approximate surface area is 208 Å². The summed E-state index contributed by atoms with van der Waals surface area (Å²) in [6.45, 7) is 3.64. The minimum Gasteiger partial charge on any atom is -0.497 e. The molecule has 11 nitrogen and oxygen atoms in total. The number of benzene rings is 2. The van der Waals surface area contributed by atoms with Gasteiger partial charge >= 0.3 is 0 Å². The van der Waals surface area contributed by atoms with Crippen molar-refractivity contribution >= 4 is 27.3 Å². The number of hydrogen-bond donors (Lipinski definition) is 2. The normalized spacial score (nSPS) is 11.6. The van der Waals surface area contributed by atoms with Crippen LogP contribution in [-0.2, 0) is 14.8 Å². The van der Waals surface area contributed by atoms with Crippen molar-refractivity contribution in [3.8, 4) is 23.0 Å². The number of sulfonamides is 1. The van der Waals surface area contributed by atoms with Crippen molar-refractivity contribution in [2.45, 2.75) is 18.7 Å². The second-order valence-corrected chi connectivity index (χ2v) is 9.88. The van der Waals surface area contributed by atoms with Crippen LogP contribution in [0.3, 0.4) is 0 Å². The molecular weight excluding hydrogens is 484 g/mol. The third kappa shape index (κ3) is 5.78. The maximum Gasteiger partial charge on any atom is 0.240 e. The lowest BCUT2D eigenvalue weighted by molar-refractivity contribution is -0.118. The van der Waals surface area contributed by atoms with Crippen LogP contribution >= 0.6 is 0 Å². The highest BCUT2D eigenvalue weighted by Gasteiger charge is 2.15. The van der Waals surface area contributed by atoms with Gasteiger partial charge in [0.05, 0.1) is 12.0 Å². The number of carbonyl (C=O) groups excluding carboxylic acids is 1. The van der Waals surface area contributed by atoms with Gasteiger partial charge in [-0.1, -0.05) is 13.8 Å². The van der Waals surface area contributed by atoms with E-state index in [1.807, 2.05) is 24.3 Å². The lowest BCUT2D eigenvalue weighted by atomic mass is 10.2. The topological polar surface area (TPSA) is 137 Å². The number of nitrogens with one attached hydrogen (secondary N) is 2. The highest BCUT2D eigenvalue weighted by atomic mass is 32.2. The molecule has 0 saturated heterocycles. The molecule has 4 rings (SSSR count). The molecular formula is C24H26N6O5S. The molecule has 0 fully saturated rings. The first-order valence-corrected chi connectivity index (χ1v) is 12.7. The molecule has 2 N–H and O–H groups in total. The summed E-state index contributed by atoms with van der Waals surface area (Å²) < 4.78 is 40.0. The predicted octanol–water partition coefficient (Wildman–Crippen LogP) is 2.75. The van der Waals surface area contributed by atoms with Crippen LogP contribution in [0.4, 0.5) is 5.69 Å². The minimum atomic E-state index is -3.75. The number of nitrogens with zero attached hydrogens (tertiary/aromatic N) is 4. The van der Waals surface area contributed by atoms with Crippen LogP contribution in [0.15, 0.2) is 65.6 Å². The van der Waals surface area contributed by atoms with E-state index in [9.17, 15) is 13.2 Å². The molecule has 0 unspecified atom stereocenters. The first kappa shape index (κ1) is 25.1. The quantitative estimate of drug-likeness (QED) is 0.311. The minimum absolute atomic E-state index is 0.0292. The summed E-state index contributed by atoms with van der Waals surface area (Å²) in [5.74, 6) is 1.23. The van der Waals surface area contributed by atoms with Crippen molar-refractivity contribution in [1.29, 1.82) is 0 Å². The molecule has 0 atom stereocenters. The zero-order valence-corrected chi connectivity index (χ0v) is 20.8. The van der Waals surface area contributed by atoms with Gasteiger partial charge in [-0.2, -0.15) is 4.52 Å². The molecule has 2 aromatic carbocycles. The first-order chi connectivity index (χ1) is 17.3. The van der Waals surface area contributed by atoms with Crippen LogP contribution in [0, 0.1) is 5.92 Å². The Bertz CT molecular complexity index is 1450. The van der Waals surface area contributed by atoms with Crippen molar-refractivity contribution in [3.63, 3.8) is 0 Å². The van der Waals surface area contributed by atoms with Crippen molar-refractivity contribution in [2.24, 2.45) is 5.92 Å². The summed E-state index contributed by atoms with van der Waals surface area (Å²) in [5, 5.41) is 15.5. The molecule has 2 aromatic heterocycles. The van der Waals surface area contributed by atoms with E-state index in [4.69, 9.17) is 9.47 Å². The Morgan fingerprint density at radius 2 is 1.72 bits per heavy atom. The van der Waals surface area contributed by atoms with Crippen molar-refractivity contribution in [1.82, 2.24) is 24.5 Å². The Morgan fingerprint density at radius 1 is 1.00 bits per heavy atom. The Balaban J connectivity index is 1.36. The lowest BCUT2D eigenvalue weighted by Gasteiger charge is -2.10. The summed E-state index contributed by atoms with van der Waals surface area (Å²) in [7, 11) is -2.15. The molecule has 0 radical (unpaired) electrons. The summed E-state index contributed by atoms with van der Waals surface area (Å²) in [6.07, 6.45) is 0. The average Bonchev–Trinajstić information content (AvgIpc) is 3.30. The molecule has 1 amide bonds. The first-order valence-electron chi connectivity index (χ1n) is 11.2. The van der Waals surface area contributed by atoms with Crippen LogP contribution in [0.2, 0.25) is 0 Å². The van der Waals surface area contributed by atoms with Gasteiger partial charge in [0, 0.05) is 29.8 Å². The van der Waals surface area contributed by atoms with Gasteiger partial charge in [0.1, 0.15) is 12.4 Å². The van der Waals surface area contributed by atoms with Crippen LogP contribution in [0.25, 0.3) is 17.0 Å². The number of hydrogen-bond acceptors (Lipinski definition) is 8. The number of amides is 1. The number of carbonyl (C=O) groups is 1. The fourth-order valence-corrected chi connectivity index (χ4v) is 4.20. The molecule has 188 valence electrons. The van der Waals surface area contributed by atoms with Gasteiger partial charge in [0.2, 0.25) is 21.8 Å². The van der Waals surface area contributed by atoms with E-state index in [0.29, 0.717) is 23.0 Å². The van der Waals surface area contributed by atoms with Crippen LogP contribution in [-0.4, -0.2) is 54.4 Å². The number of anilines is 1. The molecule has 0 aliphatic carbocycles. The van der Waals surface area contributed by atoms with Gasteiger partial charge < -0.3 is 14.8 Å². The molecule has 0 bridgehead atoms. The monoisotopic (exact) mass is 510 g/mol. The number of rotatable bonds is 10. The van der Waals surface area contributed by atoms with E-state index in [1.54, 1.807) is 49.7 Å². The average molecular weight is 511 g/mol. The van der Waals surface area contributed by atoms with Crippen LogP contribution < -0.4 is 19.5 Å². The van der Waals surface area contributed by atoms with E-state index in [1.165, 1.54) is 12.1 Å². The third-order valence-electron chi connectivity index (χ3n) is 5.19. The summed E-state index contributed by atoms with van der Waals surface area (Å²) in [5.41, 5.74) is 1.87. The molecule has 0 spiro atoms. The van der Waals surface area contributed by atoms with E-state index in [0.717, 1.165) is 11.3 Å². The van der Waals surface area contributed by atoms with Gasteiger partial charge in [-0.15, -0.1) is 15.3 Å². The van der Waals surface area contributed by atoms with Gasteiger partial charge in [-0.25, -0.2) is 13.1 Å². The van der Waals surface area contributed by atoms with Gasteiger partial charge in [-0.3, -0.25) is 4.79 Å². The third-order valence-corrected chi connectivity index (χ3v) is 6.66. The maximum absolute atomic E-state index is 12.6. The zero-order chi connectivity index (χ0) is 25.7. The van der Waals surface area contributed by atoms with Crippen molar-refractivity contribution in [2.75, 3.05) is 25.6 Å². The van der Waals surface area contributed by atoms with Gasteiger partial charge in [0.15, 0.2) is 11.5 Å². The summed E-state index contributed by atoms with van der Waals surface area (Å²) in [4.78, 5) is 11.9. The van der Waals surface area contributed by atoms with Gasteiger partial charge in [0.25, 0.3) is 0 Å². The van der Waals surface area contributed by atoms with Crippen LogP contribution in [0.1, 0.15) is 13.8 Å². The van der Waals surface area contributed by atoms with Crippen LogP contribution in [0.5, 0.6) is 11.6 Å². The largest absolute Gasteiger partial charge is 0.497 e. The highest BCUT2D eigenvalue weighted by Crippen LogP contribution is 2.22. The number of fused-ring (bicyclic) bond motifs is 1. The number of ether oxygens (including phenoxy) is 2. The zero-order valence-electron chi connectivity index (χ0n) is 20.0. The number of methoxy groups -OCH3 is 1. The maximum atomic E-state index is 12.6. The Kier molecular flexibility index (Phi) is 7.46. The van der Waals surface area contributed by atoms with E-state index >= 15 is 0 Å². The van der Waals surface area contributed by atoms with E-state index in [2.05, 4.69) is 25.3 Å². The molecule has 4 aromatic rings.